The Morgan fingerprint density at radius 3 is 2.04 bits per heavy atom. The number of ether oxygens (including phenoxy) is 2. The van der Waals surface area contributed by atoms with Crippen molar-refractivity contribution in [3.05, 3.63) is 10.8 Å². The fourth-order valence-electron chi connectivity index (χ4n) is 3.99. The Morgan fingerprint density at radius 2 is 1.62 bits per heavy atom. The second-order valence-corrected chi connectivity index (χ2v) is 13.8. The van der Waals surface area contributed by atoms with Crippen molar-refractivity contribution in [3.63, 3.8) is 0 Å². The number of ketones is 1. The van der Waals surface area contributed by atoms with E-state index < -0.39 is 25.4 Å². The summed E-state index contributed by atoms with van der Waals surface area (Å²) in [5.74, 6) is -0.957. The van der Waals surface area contributed by atoms with Gasteiger partial charge in [0, 0.05) is 6.42 Å². The standard InChI is InChI=1S/C18H28O5Si/c1-17(2,3)24(6,7)14-12-10-18(15(20)22-4,16(21)23-5)9-11(12)8-13(14)19/h11H,8-10H2,1-7H3. The third-order valence-corrected chi connectivity index (χ3v) is 11.9. The zero-order chi connectivity index (χ0) is 18.5. The van der Waals surface area contributed by atoms with Gasteiger partial charge in [0.1, 0.15) is 0 Å². The van der Waals surface area contributed by atoms with Gasteiger partial charge < -0.3 is 9.47 Å². The lowest BCUT2D eigenvalue weighted by Gasteiger charge is -2.38. The zero-order valence-electron chi connectivity index (χ0n) is 15.7. The Labute approximate surface area is 144 Å². The molecule has 0 aromatic heterocycles. The van der Waals surface area contributed by atoms with Gasteiger partial charge in [-0.25, -0.2) is 0 Å². The van der Waals surface area contributed by atoms with E-state index in [1.165, 1.54) is 14.2 Å². The quantitative estimate of drug-likeness (QED) is 0.443. The molecule has 0 N–H and O–H groups in total. The third-order valence-electron chi connectivity index (χ3n) is 6.26. The topological polar surface area (TPSA) is 69.7 Å². The minimum Gasteiger partial charge on any atom is -0.468 e. The highest BCUT2D eigenvalue weighted by Gasteiger charge is 2.60. The molecule has 2 aliphatic carbocycles. The molecule has 134 valence electrons. The number of methoxy groups -OCH3 is 2. The summed E-state index contributed by atoms with van der Waals surface area (Å²) in [5, 5.41) is 0.941. The SMILES string of the molecule is COC(=O)C1(C(=O)OC)CC2=C([Si](C)(C)C(C)(C)C)C(=O)CC2C1. The van der Waals surface area contributed by atoms with Crippen LogP contribution in [0, 0.1) is 11.3 Å². The van der Waals surface area contributed by atoms with Gasteiger partial charge in [0.25, 0.3) is 0 Å². The van der Waals surface area contributed by atoms with Gasteiger partial charge in [0.2, 0.25) is 0 Å². The number of carbonyl (C=O) groups excluding carboxylic acids is 3. The first-order chi connectivity index (χ1) is 10.9. The molecule has 0 aliphatic heterocycles. The molecule has 1 fully saturated rings. The number of hydrogen-bond acceptors (Lipinski definition) is 5. The third kappa shape index (κ3) is 2.55. The maximum atomic E-state index is 12.7. The molecule has 2 rings (SSSR count). The van der Waals surface area contributed by atoms with Crippen molar-refractivity contribution in [2.75, 3.05) is 14.2 Å². The van der Waals surface area contributed by atoms with Gasteiger partial charge in [-0.05, 0) is 29.0 Å². The first-order valence-electron chi connectivity index (χ1n) is 8.36. The molecule has 1 atom stereocenters. The van der Waals surface area contributed by atoms with Crippen LogP contribution in [0.1, 0.15) is 40.0 Å². The predicted molar refractivity (Wildman–Crippen MR) is 93.0 cm³/mol. The lowest BCUT2D eigenvalue weighted by Crippen LogP contribution is -2.43. The summed E-state index contributed by atoms with van der Waals surface area (Å²) < 4.78 is 9.81. The van der Waals surface area contributed by atoms with E-state index in [4.69, 9.17) is 9.47 Å². The zero-order valence-corrected chi connectivity index (χ0v) is 16.7. The van der Waals surface area contributed by atoms with Crippen LogP contribution in [0.5, 0.6) is 0 Å². The molecule has 0 radical (unpaired) electrons. The van der Waals surface area contributed by atoms with Crippen LogP contribution in [0.25, 0.3) is 0 Å². The molecule has 0 amide bonds. The summed E-state index contributed by atoms with van der Waals surface area (Å²) in [7, 11) is 0.527. The molecule has 0 aromatic rings. The molecule has 0 bridgehead atoms. The van der Waals surface area contributed by atoms with Crippen molar-refractivity contribution in [3.8, 4) is 0 Å². The molecule has 2 aliphatic rings. The van der Waals surface area contributed by atoms with E-state index in [2.05, 4.69) is 33.9 Å². The molecular weight excluding hydrogens is 324 g/mol. The van der Waals surface area contributed by atoms with Crippen molar-refractivity contribution in [1.29, 1.82) is 0 Å². The van der Waals surface area contributed by atoms with Crippen LogP contribution < -0.4 is 0 Å². The largest absolute Gasteiger partial charge is 0.468 e. The van der Waals surface area contributed by atoms with E-state index in [0.717, 1.165) is 10.8 Å². The number of Topliss-reactive ketones (excluding diaryl/α,β-unsaturated/α-hetero) is 1. The summed E-state index contributed by atoms with van der Waals surface area (Å²) in [4.78, 5) is 37.5. The van der Waals surface area contributed by atoms with Crippen molar-refractivity contribution in [2.45, 2.75) is 58.2 Å². The highest BCUT2D eigenvalue weighted by molar-refractivity contribution is 6.91. The van der Waals surface area contributed by atoms with E-state index >= 15 is 0 Å². The molecule has 1 unspecified atom stereocenters. The average molecular weight is 353 g/mol. The second-order valence-electron chi connectivity index (χ2n) is 8.55. The number of allylic oxidation sites excluding steroid dienone is 2. The predicted octanol–water partition coefficient (Wildman–Crippen LogP) is 3.05. The smallest absolute Gasteiger partial charge is 0.323 e. The Bertz CT molecular complexity index is 608. The molecule has 1 saturated carbocycles. The van der Waals surface area contributed by atoms with Gasteiger partial charge in [-0.3, -0.25) is 14.4 Å². The van der Waals surface area contributed by atoms with E-state index in [0.29, 0.717) is 12.8 Å². The molecule has 5 nitrogen and oxygen atoms in total. The van der Waals surface area contributed by atoms with Crippen molar-refractivity contribution in [1.82, 2.24) is 0 Å². The molecule has 0 saturated heterocycles. The Balaban J connectivity index is 2.57. The number of hydrogen-bond donors (Lipinski definition) is 0. The monoisotopic (exact) mass is 352 g/mol. The fraction of sp³-hybridized carbons (Fsp3) is 0.722. The highest BCUT2D eigenvalue weighted by Crippen LogP contribution is 2.56. The van der Waals surface area contributed by atoms with Crippen LogP contribution in [-0.4, -0.2) is 40.0 Å². The van der Waals surface area contributed by atoms with Gasteiger partial charge in [-0.1, -0.05) is 39.4 Å². The van der Waals surface area contributed by atoms with Gasteiger partial charge in [-0.15, -0.1) is 0 Å². The van der Waals surface area contributed by atoms with Crippen LogP contribution in [-0.2, 0) is 23.9 Å². The number of rotatable bonds is 3. The van der Waals surface area contributed by atoms with Gasteiger partial charge in [0.15, 0.2) is 11.2 Å². The van der Waals surface area contributed by atoms with Crippen LogP contribution in [0.2, 0.25) is 18.1 Å². The molecule has 0 heterocycles. The van der Waals surface area contributed by atoms with Crippen LogP contribution >= 0.6 is 0 Å². The Kier molecular flexibility index (Phi) is 4.59. The maximum absolute atomic E-state index is 12.7. The van der Waals surface area contributed by atoms with E-state index in [9.17, 15) is 14.4 Å². The minimum atomic E-state index is -2.05. The first kappa shape index (κ1) is 18.9. The lowest BCUT2D eigenvalue weighted by molar-refractivity contribution is -0.168. The van der Waals surface area contributed by atoms with Gasteiger partial charge in [0.05, 0.1) is 22.3 Å². The van der Waals surface area contributed by atoms with Crippen LogP contribution in [0.15, 0.2) is 10.8 Å². The summed E-state index contributed by atoms with van der Waals surface area (Å²) in [6.45, 7) is 10.9. The Hall–Kier alpha value is -1.43. The Morgan fingerprint density at radius 1 is 1.12 bits per heavy atom. The second kappa shape index (κ2) is 5.83. The molecular formula is C18H28O5Si. The summed E-state index contributed by atoms with van der Waals surface area (Å²) in [6.07, 6.45) is 0.961. The molecule has 24 heavy (non-hydrogen) atoms. The summed E-state index contributed by atoms with van der Waals surface area (Å²) >= 11 is 0. The highest BCUT2D eigenvalue weighted by atomic mass is 28.3. The number of fused-ring (bicyclic) bond motifs is 1. The van der Waals surface area contributed by atoms with Crippen LogP contribution in [0.3, 0.4) is 0 Å². The van der Waals surface area contributed by atoms with Crippen molar-refractivity contribution in [2.24, 2.45) is 11.3 Å². The first-order valence-corrected chi connectivity index (χ1v) is 11.4. The summed E-state index contributed by atoms with van der Waals surface area (Å²) in [5.41, 5.74) is -0.292. The van der Waals surface area contributed by atoms with Gasteiger partial charge >= 0.3 is 11.9 Å². The minimum absolute atomic E-state index is 0.0155. The maximum Gasteiger partial charge on any atom is 0.323 e. The molecule has 0 spiro atoms. The molecule has 6 heteroatoms. The van der Waals surface area contributed by atoms with Crippen molar-refractivity contribution >= 4 is 25.8 Å². The lowest BCUT2D eigenvalue weighted by atomic mass is 9.84. The van der Waals surface area contributed by atoms with Crippen molar-refractivity contribution < 1.29 is 23.9 Å². The summed E-state index contributed by atoms with van der Waals surface area (Å²) in [6, 6.07) is 0. The van der Waals surface area contributed by atoms with E-state index in [-0.39, 0.29) is 23.2 Å². The van der Waals surface area contributed by atoms with E-state index in [1.54, 1.807) is 0 Å². The normalized spacial score (nSPS) is 23.3. The average Bonchev–Trinajstić information content (AvgIpc) is 2.97. The van der Waals surface area contributed by atoms with Crippen LogP contribution in [0.4, 0.5) is 0 Å². The number of esters is 2. The van der Waals surface area contributed by atoms with E-state index in [1.807, 2.05) is 0 Å². The molecule has 0 aromatic carbocycles. The number of carbonyl (C=O) groups is 3. The fourth-order valence-corrected chi connectivity index (χ4v) is 6.63. The van der Waals surface area contributed by atoms with Gasteiger partial charge in [-0.2, -0.15) is 0 Å².